The van der Waals surface area contributed by atoms with Crippen molar-refractivity contribution in [3.63, 3.8) is 0 Å². The Morgan fingerprint density at radius 3 is 2.88 bits per heavy atom. The van der Waals surface area contributed by atoms with E-state index < -0.39 is 6.09 Å². The predicted molar refractivity (Wildman–Crippen MR) is 34.4 cm³/mol. The van der Waals surface area contributed by atoms with Gasteiger partial charge in [0.2, 0.25) is 0 Å². The Bertz CT molecular complexity index is 76.4. The van der Waals surface area contributed by atoms with E-state index in [9.17, 15) is 4.79 Å². The number of rotatable bonds is 3. The molecule has 0 aliphatic carbocycles. The van der Waals surface area contributed by atoms with Crippen LogP contribution in [0.1, 0.15) is 0 Å². The van der Waals surface area contributed by atoms with Gasteiger partial charge in [0.15, 0.2) is 0 Å². The van der Waals surface area contributed by atoms with Gasteiger partial charge in [-0.2, -0.15) is 11.8 Å². The average Bonchev–Trinajstić information content (AvgIpc) is 1.66. The van der Waals surface area contributed by atoms with E-state index in [4.69, 9.17) is 5.11 Å². The molecule has 8 heavy (non-hydrogen) atoms. The predicted octanol–water partition coefficient (Wildman–Crippen LogP) is 0.617. The third-order valence-corrected chi connectivity index (χ3v) is 1.19. The molecule has 0 saturated carbocycles. The molecular weight excluding hydrogens is 126 g/mol. The van der Waals surface area contributed by atoms with Crippen LogP contribution in [0.4, 0.5) is 4.79 Å². The van der Waals surface area contributed by atoms with E-state index in [-0.39, 0.29) is 0 Å². The second kappa shape index (κ2) is 4.77. The number of amides is 1. The zero-order chi connectivity index (χ0) is 6.41. The maximum Gasteiger partial charge on any atom is 0.404 e. The molecule has 0 heterocycles. The van der Waals surface area contributed by atoms with Gasteiger partial charge in [-0.15, -0.1) is 0 Å². The number of thioether (sulfide) groups is 1. The van der Waals surface area contributed by atoms with Crippen molar-refractivity contribution in [1.82, 2.24) is 5.32 Å². The van der Waals surface area contributed by atoms with Crippen LogP contribution in [0, 0.1) is 0 Å². The smallest absolute Gasteiger partial charge is 0.404 e. The monoisotopic (exact) mass is 135 g/mol. The lowest BCUT2D eigenvalue weighted by atomic mass is 10.7. The molecule has 0 spiro atoms. The van der Waals surface area contributed by atoms with Crippen LogP contribution in [0.3, 0.4) is 0 Å². The second-order valence-electron chi connectivity index (χ2n) is 1.22. The minimum Gasteiger partial charge on any atom is -0.465 e. The van der Waals surface area contributed by atoms with Gasteiger partial charge >= 0.3 is 6.09 Å². The van der Waals surface area contributed by atoms with E-state index in [2.05, 4.69) is 5.32 Å². The van der Waals surface area contributed by atoms with Crippen LogP contribution in [0.25, 0.3) is 0 Å². The van der Waals surface area contributed by atoms with Gasteiger partial charge in [0.25, 0.3) is 0 Å². The molecule has 48 valence electrons. The van der Waals surface area contributed by atoms with Crippen LogP contribution in [0.2, 0.25) is 0 Å². The topological polar surface area (TPSA) is 49.3 Å². The van der Waals surface area contributed by atoms with E-state index in [1.807, 2.05) is 6.26 Å². The molecule has 0 aliphatic rings. The lowest BCUT2D eigenvalue weighted by molar-refractivity contribution is 0.195. The summed E-state index contributed by atoms with van der Waals surface area (Å²) in [5, 5.41) is 10.3. The zero-order valence-electron chi connectivity index (χ0n) is 4.68. The molecular formula is C4H9NO2S. The summed E-state index contributed by atoms with van der Waals surface area (Å²) in [6, 6.07) is 0. The Morgan fingerprint density at radius 1 is 1.88 bits per heavy atom. The van der Waals surface area contributed by atoms with E-state index in [0.717, 1.165) is 5.75 Å². The highest BCUT2D eigenvalue weighted by Gasteiger charge is 1.89. The summed E-state index contributed by atoms with van der Waals surface area (Å²) >= 11 is 1.62. The minimum atomic E-state index is -0.945. The third-order valence-electron chi connectivity index (χ3n) is 0.582. The van der Waals surface area contributed by atoms with Crippen molar-refractivity contribution in [2.45, 2.75) is 0 Å². The Kier molecular flexibility index (Phi) is 4.54. The largest absolute Gasteiger partial charge is 0.465 e. The Hall–Kier alpha value is -0.380. The molecule has 0 radical (unpaired) electrons. The molecule has 0 fully saturated rings. The lowest BCUT2D eigenvalue weighted by Crippen LogP contribution is -2.23. The summed E-state index contributed by atoms with van der Waals surface area (Å²) in [6.07, 6.45) is 0.989. The van der Waals surface area contributed by atoms with Crippen molar-refractivity contribution < 1.29 is 9.90 Å². The maximum absolute atomic E-state index is 9.75. The van der Waals surface area contributed by atoms with Gasteiger partial charge in [0, 0.05) is 12.3 Å². The normalized spacial score (nSPS) is 8.62. The first kappa shape index (κ1) is 7.62. The molecule has 3 nitrogen and oxygen atoms in total. The van der Waals surface area contributed by atoms with Gasteiger partial charge < -0.3 is 10.4 Å². The van der Waals surface area contributed by atoms with Crippen molar-refractivity contribution in [1.29, 1.82) is 0 Å². The van der Waals surface area contributed by atoms with Gasteiger partial charge in [0.1, 0.15) is 0 Å². The molecule has 2 N–H and O–H groups in total. The molecule has 0 aromatic rings. The number of carboxylic acid groups (broad SMARTS) is 1. The molecule has 0 rings (SSSR count). The van der Waals surface area contributed by atoms with Gasteiger partial charge in [-0.1, -0.05) is 0 Å². The first-order chi connectivity index (χ1) is 3.77. The quantitative estimate of drug-likeness (QED) is 0.558. The molecule has 0 aliphatic heterocycles. The van der Waals surface area contributed by atoms with Crippen molar-refractivity contribution in [3.8, 4) is 0 Å². The molecule has 0 bridgehead atoms. The molecule has 0 unspecified atom stereocenters. The molecule has 1 amide bonds. The van der Waals surface area contributed by atoms with Crippen LogP contribution < -0.4 is 5.32 Å². The summed E-state index contributed by atoms with van der Waals surface area (Å²) in [4.78, 5) is 9.75. The fourth-order valence-electron chi connectivity index (χ4n) is 0.260. The lowest BCUT2D eigenvalue weighted by Gasteiger charge is -1.94. The molecule has 0 saturated heterocycles. The zero-order valence-corrected chi connectivity index (χ0v) is 5.49. The van der Waals surface area contributed by atoms with Gasteiger partial charge in [-0.05, 0) is 6.26 Å². The Labute approximate surface area is 52.5 Å². The SMILES string of the molecule is CSCCNC(=O)O. The number of nitrogens with one attached hydrogen (secondary N) is 1. The molecule has 0 aromatic heterocycles. The molecule has 0 aromatic carbocycles. The summed E-state index contributed by atoms with van der Waals surface area (Å²) in [7, 11) is 0. The minimum absolute atomic E-state index is 0.538. The van der Waals surface area contributed by atoms with Gasteiger partial charge in [0.05, 0.1) is 0 Å². The Morgan fingerprint density at radius 2 is 2.50 bits per heavy atom. The third kappa shape index (κ3) is 5.62. The number of hydrogen-bond donors (Lipinski definition) is 2. The number of carbonyl (C=O) groups is 1. The van der Waals surface area contributed by atoms with Crippen molar-refractivity contribution in [3.05, 3.63) is 0 Å². The van der Waals surface area contributed by atoms with Gasteiger partial charge in [-0.3, -0.25) is 0 Å². The van der Waals surface area contributed by atoms with Crippen LogP contribution in [0.15, 0.2) is 0 Å². The summed E-state index contributed by atoms with van der Waals surface area (Å²) in [5.74, 6) is 0.840. The van der Waals surface area contributed by atoms with Crippen LogP contribution in [0.5, 0.6) is 0 Å². The van der Waals surface area contributed by atoms with Crippen molar-refractivity contribution in [2.75, 3.05) is 18.6 Å². The first-order valence-corrected chi connectivity index (χ1v) is 3.62. The standard InChI is InChI=1S/C4H9NO2S/c1-8-3-2-5-4(6)7/h5H,2-3H2,1H3,(H,6,7). The average molecular weight is 135 g/mol. The van der Waals surface area contributed by atoms with Crippen LogP contribution in [-0.4, -0.2) is 29.8 Å². The van der Waals surface area contributed by atoms with Gasteiger partial charge in [-0.25, -0.2) is 4.79 Å². The fraction of sp³-hybridized carbons (Fsp3) is 0.750. The van der Waals surface area contributed by atoms with E-state index >= 15 is 0 Å². The summed E-state index contributed by atoms with van der Waals surface area (Å²) < 4.78 is 0. The van der Waals surface area contributed by atoms with Crippen LogP contribution in [-0.2, 0) is 0 Å². The van der Waals surface area contributed by atoms with E-state index in [1.165, 1.54) is 0 Å². The molecule has 4 heteroatoms. The Balaban J connectivity index is 2.82. The highest BCUT2D eigenvalue weighted by atomic mass is 32.2. The van der Waals surface area contributed by atoms with E-state index in [0.29, 0.717) is 6.54 Å². The second-order valence-corrected chi connectivity index (χ2v) is 2.21. The van der Waals surface area contributed by atoms with Crippen molar-refractivity contribution >= 4 is 17.9 Å². The van der Waals surface area contributed by atoms with Crippen molar-refractivity contribution in [2.24, 2.45) is 0 Å². The first-order valence-electron chi connectivity index (χ1n) is 2.23. The van der Waals surface area contributed by atoms with Crippen LogP contribution >= 0.6 is 11.8 Å². The van der Waals surface area contributed by atoms with E-state index in [1.54, 1.807) is 11.8 Å². The highest BCUT2D eigenvalue weighted by Crippen LogP contribution is 1.86. The number of hydrogen-bond acceptors (Lipinski definition) is 2. The summed E-state index contributed by atoms with van der Waals surface area (Å²) in [5.41, 5.74) is 0. The summed E-state index contributed by atoms with van der Waals surface area (Å²) in [6.45, 7) is 0.538. The molecule has 0 atom stereocenters. The highest BCUT2D eigenvalue weighted by molar-refractivity contribution is 7.98. The maximum atomic E-state index is 9.75. The fourth-order valence-corrected chi connectivity index (χ4v) is 0.566.